The monoisotopic (exact) mass is 266 g/mol. The minimum absolute atomic E-state index is 0.175. The van der Waals surface area contributed by atoms with Gasteiger partial charge >= 0.3 is 5.97 Å². The van der Waals surface area contributed by atoms with Gasteiger partial charge in [0.15, 0.2) is 11.8 Å². The molecule has 1 aromatic heterocycles. The molecule has 0 aromatic carbocycles. The van der Waals surface area contributed by atoms with E-state index in [0.29, 0.717) is 30.9 Å². The van der Waals surface area contributed by atoms with Gasteiger partial charge in [-0.2, -0.15) is 5.10 Å². The van der Waals surface area contributed by atoms with E-state index in [1.165, 1.54) is 4.68 Å². The molecule has 0 radical (unpaired) electrons. The number of likely N-dealkylation sites (tertiary alicyclic amines) is 1. The van der Waals surface area contributed by atoms with Crippen LogP contribution in [-0.4, -0.2) is 46.3 Å². The van der Waals surface area contributed by atoms with Crippen LogP contribution in [0.2, 0.25) is 0 Å². The van der Waals surface area contributed by atoms with E-state index >= 15 is 0 Å². The van der Waals surface area contributed by atoms with Gasteiger partial charge < -0.3 is 15.4 Å². The molecule has 1 amide bonds. The summed E-state index contributed by atoms with van der Waals surface area (Å²) in [6.07, 6.45) is -0.197. The third-order valence-electron chi connectivity index (χ3n) is 3.29. The molecule has 1 aliphatic heterocycles. The Morgan fingerprint density at radius 2 is 2.26 bits per heavy atom. The van der Waals surface area contributed by atoms with Crippen LogP contribution < -0.4 is 5.73 Å². The molecule has 0 bridgehead atoms. The Balaban J connectivity index is 2.19. The first-order valence-corrected chi connectivity index (χ1v) is 6.24. The maximum atomic E-state index is 12.1. The zero-order chi connectivity index (χ0) is 14.2. The standard InChI is InChI=1S/C12H18N4O3/c1-4-16-10(9(13)7(2)14-16)12(18)19-8-5-6-15(3)11(8)17/h8H,4-6,13H2,1-3H3. The van der Waals surface area contributed by atoms with Crippen LogP contribution in [0, 0.1) is 6.92 Å². The van der Waals surface area contributed by atoms with Gasteiger partial charge in [0.2, 0.25) is 0 Å². The number of aromatic nitrogens is 2. The Hall–Kier alpha value is -2.05. The molecule has 1 fully saturated rings. The van der Waals surface area contributed by atoms with E-state index in [9.17, 15) is 9.59 Å². The molecule has 7 heteroatoms. The van der Waals surface area contributed by atoms with Gasteiger partial charge in [-0.1, -0.05) is 0 Å². The van der Waals surface area contributed by atoms with Crippen LogP contribution >= 0.6 is 0 Å². The smallest absolute Gasteiger partial charge is 0.359 e. The molecule has 19 heavy (non-hydrogen) atoms. The third-order valence-corrected chi connectivity index (χ3v) is 3.29. The van der Waals surface area contributed by atoms with Crippen LogP contribution in [0.3, 0.4) is 0 Å². The van der Waals surface area contributed by atoms with Crippen LogP contribution in [0.5, 0.6) is 0 Å². The molecule has 2 heterocycles. The Bertz CT molecular complexity index is 523. The maximum Gasteiger partial charge on any atom is 0.359 e. The summed E-state index contributed by atoms with van der Waals surface area (Å²) in [6, 6.07) is 0. The number of amides is 1. The number of carbonyl (C=O) groups is 2. The summed E-state index contributed by atoms with van der Waals surface area (Å²) in [4.78, 5) is 25.4. The number of ether oxygens (including phenoxy) is 1. The molecule has 7 nitrogen and oxygen atoms in total. The number of rotatable bonds is 3. The molecule has 2 rings (SSSR count). The molecule has 1 aliphatic rings. The summed E-state index contributed by atoms with van der Waals surface area (Å²) >= 11 is 0. The van der Waals surface area contributed by atoms with E-state index in [4.69, 9.17) is 10.5 Å². The molecule has 1 aromatic rings. The number of nitrogens with two attached hydrogens (primary N) is 1. The molecule has 2 N–H and O–H groups in total. The van der Waals surface area contributed by atoms with Crippen molar-refractivity contribution in [1.82, 2.24) is 14.7 Å². The van der Waals surface area contributed by atoms with Crippen molar-refractivity contribution in [2.24, 2.45) is 0 Å². The first-order chi connectivity index (χ1) is 8.95. The molecule has 0 saturated carbocycles. The third kappa shape index (κ3) is 2.27. The second kappa shape index (κ2) is 4.91. The van der Waals surface area contributed by atoms with Crippen LogP contribution in [0.4, 0.5) is 5.69 Å². The fourth-order valence-electron chi connectivity index (χ4n) is 2.12. The van der Waals surface area contributed by atoms with Gasteiger partial charge in [0.25, 0.3) is 5.91 Å². The number of hydrogen-bond donors (Lipinski definition) is 1. The largest absolute Gasteiger partial charge is 0.447 e. The normalized spacial score (nSPS) is 19.0. The molecule has 0 spiro atoms. The van der Waals surface area contributed by atoms with Crippen molar-refractivity contribution in [1.29, 1.82) is 0 Å². The van der Waals surface area contributed by atoms with Gasteiger partial charge in [0.1, 0.15) is 0 Å². The second-order valence-corrected chi connectivity index (χ2v) is 4.61. The van der Waals surface area contributed by atoms with Gasteiger partial charge in [0, 0.05) is 26.6 Å². The summed E-state index contributed by atoms with van der Waals surface area (Å²) in [5.74, 6) is -0.764. The number of aryl methyl sites for hydroxylation is 2. The van der Waals surface area contributed by atoms with Gasteiger partial charge in [-0.3, -0.25) is 9.48 Å². The van der Waals surface area contributed by atoms with Crippen LogP contribution in [0.25, 0.3) is 0 Å². The Morgan fingerprint density at radius 1 is 1.58 bits per heavy atom. The Morgan fingerprint density at radius 3 is 2.79 bits per heavy atom. The molecule has 0 aliphatic carbocycles. The Kier molecular flexibility index (Phi) is 3.46. The number of nitrogen functional groups attached to an aromatic ring is 1. The second-order valence-electron chi connectivity index (χ2n) is 4.61. The van der Waals surface area contributed by atoms with Gasteiger partial charge in [-0.25, -0.2) is 4.79 Å². The summed E-state index contributed by atoms with van der Waals surface area (Å²) in [5, 5.41) is 4.15. The zero-order valence-electron chi connectivity index (χ0n) is 11.3. The van der Waals surface area contributed by atoms with Crippen molar-refractivity contribution in [3.8, 4) is 0 Å². The number of nitrogens with zero attached hydrogens (tertiary/aromatic N) is 3. The van der Waals surface area contributed by atoms with E-state index in [-0.39, 0.29) is 11.6 Å². The highest BCUT2D eigenvalue weighted by Gasteiger charge is 2.34. The predicted molar refractivity (Wildman–Crippen MR) is 68.5 cm³/mol. The summed E-state index contributed by atoms with van der Waals surface area (Å²) < 4.78 is 6.74. The number of anilines is 1. The van der Waals surface area contributed by atoms with E-state index < -0.39 is 12.1 Å². The van der Waals surface area contributed by atoms with Crippen molar-refractivity contribution < 1.29 is 14.3 Å². The maximum absolute atomic E-state index is 12.1. The average molecular weight is 266 g/mol. The lowest BCUT2D eigenvalue weighted by atomic mass is 10.3. The highest BCUT2D eigenvalue weighted by atomic mass is 16.5. The summed E-state index contributed by atoms with van der Waals surface area (Å²) in [5.41, 5.74) is 6.96. The molecule has 1 unspecified atom stereocenters. The van der Waals surface area contributed by atoms with Crippen molar-refractivity contribution >= 4 is 17.6 Å². The lowest BCUT2D eigenvalue weighted by molar-refractivity contribution is -0.133. The van der Waals surface area contributed by atoms with E-state index in [0.717, 1.165) is 0 Å². The molecular weight excluding hydrogens is 248 g/mol. The number of hydrogen-bond acceptors (Lipinski definition) is 5. The minimum atomic E-state index is -0.711. The number of likely N-dealkylation sites (N-methyl/N-ethyl adjacent to an activating group) is 1. The minimum Gasteiger partial charge on any atom is -0.447 e. The quantitative estimate of drug-likeness (QED) is 0.788. The lowest BCUT2D eigenvalue weighted by Gasteiger charge is -2.12. The van der Waals surface area contributed by atoms with E-state index in [1.807, 2.05) is 6.92 Å². The molecular formula is C12H18N4O3. The zero-order valence-corrected chi connectivity index (χ0v) is 11.3. The molecule has 1 atom stereocenters. The first kappa shape index (κ1) is 13.4. The van der Waals surface area contributed by atoms with Gasteiger partial charge in [0.05, 0.1) is 11.4 Å². The van der Waals surface area contributed by atoms with E-state index in [2.05, 4.69) is 5.10 Å². The highest BCUT2D eigenvalue weighted by molar-refractivity contribution is 5.96. The van der Waals surface area contributed by atoms with Crippen LogP contribution in [0.1, 0.15) is 29.5 Å². The van der Waals surface area contributed by atoms with Crippen LogP contribution in [-0.2, 0) is 16.1 Å². The van der Waals surface area contributed by atoms with Crippen molar-refractivity contribution in [3.05, 3.63) is 11.4 Å². The highest BCUT2D eigenvalue weighted by Crippen LogP contribution is 2.20. The SMILES string of the molecule is CCn1nc(C)c(N)c1C(=O)OC1CCN(C)C1=O. The summed E-state index contributed by atoms with van der Waals surface area (Å²) in [7, 11) is 1.69. The van der Waals surface area contributed by atoms with Crippen molar-refractivity contribution in [2.75, 3.05) is 19.3 Å². The fraction of sp³-hybridized carbons (Fsp3) is 0.583. The molecule has 104 valence electrons. The molecule has 1 saturated heterocycles. The lowest BCUT2D eigenvalue weighted by Crippen LogP contribution is -2.30. The topological polar surface area (TPSA) is 90.4 Å². The van der Waals surface area contributed by atoms with E-state index in [1.54, 1.807) is 18.9 Å². The fourth-order valence-corrected chi connectivity index (χ4v) is 2.12. The van der Waals surface area contributed by atoms with Crippen LogP contribution in [0.15, 0.2) is 0 Å². The van der Waals surface area contributed by atoms with Gasteiger partial charge in [-0.05, 0) is 13.8 Å². The van der Waals surface area contributed by atoms with Gasteiger partial charge in [-0.15, -0.1) is 0 Å². The average Bonchev–Trinajstić information content (AvgIpc) is 2.84. The van der Waals surface area contributed by atoms with Crippen molar-refractivity contribution in [2.45, 2.75) is 32.9 Å². The first-order valence-electron chi connectivity index (χ1n) is 6.24. The predicted octanol–water partition coefficient (Wildman–Crippen LogP) is 0.181. The number of carbonyl (C=O) groups excluding carboxylic acids is 2. The Labute approximate surface area is 111 Å². The summed E-state index contributed by atoms with van der Waals surface area (Å²) in [6.45, 7) is 4.70. The van der Waals surface area contributed by atoms with Crippen molar-refractivity contribution in [3.63, 3.8) is 0 Å². The number of esters is 1.